The molecule has 2 saturated heterocycles. The summed E-state index contributed by atoms with van der Waals surface area (Å²) in [6.07, 6.45) is 4.18. The number of allylic oxidation sites excluding steroid dienone is 1. The number of hydrogen-bond acceptors (Lipinski definition) is 3. The number of esters is 1. The van der Waals surface area contributed by atoms with Crippen LogP contribution in [0.1, 0.15) is 38.2 Å². The van der Waals surface area contributed by atoms with E-state index in [9.17, 15) is 4.79 Å². The molecule has 2 heterocycles. The van der Waals surface area contributed by atoms with Crippen molar-refractivity contribution in [3.63, 3.8) is 0 Å². The Kier molecular flexibility index (Phi) is 3.77. The number of benzene rings is 1. The van der Waals surface area contributed by atoms with E-state index in [1.807, 2.05) is 13.0 Å². The van der Waals surface area contributed by atoms with E-state index in [0.29, 0.717) is 0 Å². The van der Waals surface area contributed by atoms with Gasteiger partial charge in [-0.3, -0.25) is 0 Å². The molecule has 0 N–H and O–H groups in total. The van der Waals surface area contributed by atoms with Crippen LogP contribution in [-0.4, -0.2) is 23.5 Å². The van der Waals surface area contributed by atoms with E-state index in [1.54, 1.807) is 0 Å². The predicted molar refractivity (Wildman–Crippen MR) is 77.9 cm³/mol. The normalized spacial score (nSPS) is 26.8. The monoisotopic (exact) mass is 271 g/mol. The zero-order chi connectivity index (χ0) is 13.9. The number of carbonyl (C=O) groups is 1. The second kappa shape index (κ2) is 5.70. The summed E-state index contributed by atoms with van der Waals surface area (Å²) in [6, 6.07) is 10.5. The summed E-state index contributed by atoms with van der Waals surface area (Å²) in [7, 11) is 0. The molecule has 1 aromatic rings. The van der Waals surface area contributed by atoms with Gasteiger partial charge in [0.05, 0.1) is 5.57 Å². The quantitative estimate of drug-likeness (QED) is 0.611. The van der Waals surface area contributed by atoms with Gasteiger partial charge in [0.1, 0.15) is 6.10 Å². The smallest absolute Gasteiger partial charge is 0.336 e. The van der Waals surface area contributed by atoms with Crippen LogP contribution >= 0.6 is 0 Å². The Balaban J connectivity index is 1.84. The number of likely N-dealkylation sites (tertiary alicyclic amines) is 1. The average molecular weight is 271 g/mol. The van der Waals surface area contributed by atoms with Crippen LogP contribution in [0.2, 0.25) is 0 Å². The zero-order valence-corrected chi connectivity index (χ0v) is 12.0. The fourth-order valence-electron chi connectivity index (χ4n) is 3.11. The van der Waals surface area contributed by atoms with Gasteiger partial charge in [0, 0.05) is 25.2 Å². The van der Waals surface area contributed by atoms with E-state index in [2.05, 4.69) is 29.2 Å². The van der Waals surface area contributed by atoms with Crippen LogP contribution in [0, 0.1) is 0 Å². The fraction of sp³-hybridized carbons (Fsp3) is 0.471. The molecule has 0 saturated carbocycles. The number of cyclic esters (lactones) is 1. The topological polar surface area (TPSA) is 29.5 Å². The number of ether oxygens (including phenoxy) is 1. The second-order valence-electron chi connectivity index (χ2n) is 5.71. The third kappa shape index (κ3) is 2.72. The van der Waals surface area contributed by atoms with Gasteiger partial charge in [-0.1, -0.05) is 30.3 Å². The summed E-state index contributed by atoms with van der Waals surface area (Å²) in [6.45, 7) is 3.90. The highest BCUT2D eigenvalue weighted by Crippen LogP contribution is 2.31. The van der Waals surface area contributed by atoms with E-state index in [0.717, 1.165) is 31.5 Å². The molecule has 0 bridgehead atoms. The van der Waals surface area contributed by atoms with E-state index in [4.69, 9.17) is 4.74 Å². The van der Waals surface area contributed by atoms with Gasteiger partial charge in [-0.15, -0.1) is 0 Å². The third-order valence-corrected chi connectivity index (χ3v) is 4.08. The summed E-state index contributed by atoms with van der Waals surface area (Å²) in [5, 5.41) is 0. The molecule has 2 fully saturated rings. The van der Waals surface area contributed by atoms with Gasteiger partial charge in [-0.2, -0.15) is 0 Å². The minimum atomic E-state index is -0.104. The van der Waals surface area contributed by atoms with Gasteiger partial charge in [-0.25, -0.2) is 4.79 Å². The number of piperidine rings is 1. The van der Waals surface area contributed by atoms with Crippen molar-refractivity contribution in [1.29, 1.82) is 0 Å². The maximum Gasteiger partial charge on any atom is 0.336 e. The Morgan fingerprint density at radius 2 is 2.05 bits per heavy atom. The largest absolute Gasteiger partial charge is 0.459 e. The molecule has 0 radical (unpaired) electrons. The minimum Gasteiger partial charge on any atom is -0.459 e. The molecule has 0 aliphatic carbocycles. The van der Waals surface area contributed by atoms with Crippen LogP contribution in [0.25, 0.3) is 0 Å². The van der Waals surface area contributed by atoms with Crippen molar-refractivity contribution in [2.24, 2.45) is 0 Å². The number of hydrogen-bond donors (Lipinski definition) is 0. The molecule has 2 aliphatic heterocycles. The van der Waals surface area contributed by atoms with Crippen LogP contribution in [0.4, 0.5) is 0 Å². The fourth-order valence-corrected chi connectivity index (χ4v) is 3.11. The van der Waals surface area contributed by atoms with E-state index >= 15 is 0 Å². The van der Waals surface area contributed by atoms with Gasteiger partial charge in [-0.05, 0) is 31.7 Å². The summed E-state index contributed by atoms with van der Waals surface area (Å²) in [4.78, 5) is 14.3. The molecule has 3 nitrogen and oxygen atoms in total. The lowest BCUT2D eigenvalue weighted by molar-refractivity contribution is -0.138. The first-order valence-electron chi connectivity index (χ1n) is 7.46. The first kappa shape index (κ1) is 13.2. The number of nitrogens with zero attached hydrogens (tertiary/aromatic N) is 1. The van der Waals surface area contributed by atoms with Gasteiger partial charge < -0.3 is 9.64 Å². The molecule has 3 heteroatoms. The van der Waals surface area contributed by atoms with Crippen LogP contribution in [0.5, 0.6) is 0 Å². The van der Waals surface area contributed by atoms with Gasteiger partial charge in [0.25, 0.3) is 0 Å². The van der Waals surface area contributed by atoms with Gasteiger partial charge in [0.2, 0.25) is 0 Å². The molecule has 2 aliphatic rings. The maximum atomic E-state index is 12.0. The molecule has 1 atom stereocenters. The van der Waals surface area contributed by atoms with Crippen molar-refractivity contribution < 1.29 is 9.53 Å². The Morgan fingerprint density at radius 3 is 2.75 bits per heavy atom. The highest BCUT2D eigenvalue weighted by Gasteiger charge is 2.31. The van der Waals surface area contributed by atoms with Crippen molar-refractivity contribution in [1.82, 2.24) is 4.90 Å². The van der Waals surface area contributed by atoms with Crippen LogP contribution in [-0.2, 0) is 16.1 Å². The van der Waals surface area contributed by atoms with E-state index < -0.39 is 0 Å². The van der Waals surface area contributed by atoms with E-state index in [-0.39, 0.29) is 12.1 Å². The molecule has 0 amide bonds. The van der Waals surface area contributed by atoms with Gasteiger partial charge >= 0.3 is 5.97 Å². The Labute approximate surface area is 120 Å². The molecule has 1 aromatic carbocycles. The Morgan fingerprint density at radius 1 is 1.25 bits per heavy atom. The Bertz CT molecular complexity index is 521. The summed E-state index contributed by atoms with van der Waals surface area (Å²) >= 11 is 0. The highest BCUT2D eigenvalue weighted by atomic mass is 16.5. The lowest BCUT2D eigenvalue weighted by atomic mass is 9.99. The number of rotatable bonds is 2. The minimum absolute atomic E-state index is 0.0329. The predicted octanol–water partition coefficient (Wildman–Crippen LogP) is 3.26. The zero-order valence-electron chi connectivity index (χ0n) is 12.0. The van der Waals surface area contributed by atoms with Crippen LogP contribution in [0.15, 0.2) is 41.6 Å². The number of carbonyl (C=O) groups excluding carboxylic acids is 1. The molecular weight excluding hydrogens is 250 g/mol. The second-order valence-corrected chi connectivity index (χ2v) is 5.71. The Hall–Kier alpha value is -1.77. The molecule has 3 rings (SSSR count). The van der Waals surface area contributed by atoms with Crippen molar-refractivity contribution in [3.05, 3.63) is 47.2 Å². The van der Waals surface area contributed by atoms with Crippen LogP contribution in [0.3, 0.4) is 0 Å². The van der Waals surface area contributed by atoms with Crippen molar-refractivity contribution >= 4 is 5.97 Å². The lowest BCUT2D eigenvalue weighted by Gasteiger charge is -2.32. The summed E-state index contributed by atoms with van der Waals surface area (Å²) in [5.41, 5.74) is 3.43. The molecule has 20 heavy (non-hydrogen) atoms. The molecular formula is C17H21NO2. The van der Waals surface area contributed by atoms with E-state index in [1.165, 1.54) is 24.1 Å². The maximum absolute atomic E-state index is 12.0. The highest BCUT2D eigenvalue weighted by molar-refractivity contribution is 5.91. The standard InChI is InChI=1S/C17H21NO2/c1-13-11-15(17(19)20-13)16-9-5-6-10-18(16)12-14-7-3-2-4-8-14/h2-4,7-8,13H,5-6,9-12H2,1H3/b16-15+. The third-order valence-electron chi connectivity index (χ3n) is 4.08. The van der Waals surface area contributed by atoms with Crippen molar-refractivity contribution in [3.8, 4) is 0 Å². The first-order chi connectivity index (χ1) is 9.74. The van der Waals surface area contributed by atoms with Crippen molar-refractivity contribution in [2.75, 3.05) is 6.54 Å². The molecule has 0 aromatic heterocycles. The SMILES string of the molecule is CC1C/C(=C2/CCCCN2Cc2ccccc2)C(=O)O1. The molecule has 0 spiro atoms. The lowest BCUT2D eigenvalue weighted by Crippen LogP contribution is -2.29. The molecule has 106 valence electrons. The summed E-state index contributed by atoms with van der Waals surface area (Å²) < 4.78 is 5.30. The molecule has 1 unspecified atom stereocenters. The van der Waals surface area contributed by atoms with Crippen molar-refractivity contribution in [2.45, 2.75) is 45.3 Å². The first-order valence-corrected chi connectivity index (χ1v) is 7.46. The summed E-state index contributed by atoms with van der Waals surface area (Å²) in [5.74, 6) is -0.104. The average Bonchev–Trinajstić information content (AvgIpc) is 2.79. The van der Waals surface area contributed by atoms with Gasteiger partial charge in [0.15, 0.2) is 0 Å². The van der Waals surface area contributed by atoms with Crippen LogP contribution < -0.4 is 0 Å².